The number of halogens is 3. The van der Waals surface area contributed by atoms with Gasteiger partial charge < -0.3 is 15.3 Å². The average Bonchev–Trinajstić information content (AvgIpc) is 2.99. The summed E-state index contributed by atoms with van der Waals surface area (Å²) in [4.78, 5) is 11.0. The lowest BCUT2D eigenvalue weighted by Gasteiger charge is -2.42. The molecule has 1 saturated heterocycles. The summed E-state index contributed by atoms with van der Waals surface area (Å²) in [6, 6.07) is 7.87. The van der Waals surface area contributed by atoms with Crippen molar-refractivity contribution in [3.05, 3.63) is 40.5 Å². The summed E-state index contributed by atoms with van der Waals surface area (Å²) in [6.07, 6.45) is 3.47. The summed E-state index contributed by atoms with van der Waals surface area (Å²) in [5.41, 5.74) is 0.771. The molecule has 10 heteroatoms. The zero-order valence-electron chi connectivity index (χ0n) is 17.5. The van der Waals surface area contributed by atoms with Crippen LogP contribution in [0.5, 0.6) is 0 Å². The summed E-state index contributed by atoms with van der Waals surface area (Å²) in [5.74, 6) is 0.942. The van der Waals surface area contributed by atoms with Crippen LogP contribution in [0, 0.1) is 0 Å². The maximum Gasteiger partial charge on any atom is 0.331 e. The van der Waals surface area contributed by atoms with Crippen LogP contribution < -0.4 is 10.2 Å². The number of aromatic nitrogens is 2. The van der Waals surface area contributed by atoms with E-state index in [1.165, 1.54) is 5.56 Å². The predicted octanol–water partition coefficient (Wildman–Crippen LogP) is 4.10. The summed E-state index contributed by atoms with van der Waals surface area (Å²) >= 11 is 5.99. The summed E-state index contributed by atoms with van der Waals surface area (Å²) in [7, 11) is -2.51. The van der Waals surface area contributed by atoms with Gasteiger partial charge in [0.15, 0.2) is 0 Å². The van der Waals surface area contributed by atoms with Crippen LogP contribution in [0.25, 0.3) is 0 Å². The number of rotatable bonds is 5. The Kier molecular flexibility index (Phi) is 5.62. The molecule has 2 aliphatic heterocycles. The molecule has 3 heterocycles. The minimum absolute atomic E-state index is 0.0190. The molecule has 0 amide bonds. The molecule has 0 radical (unpaired) electrons. The van der Waals surface area contributed by atoms with Crippen LogP contribution in [0.4, 0.5) is 20.5 Å². The first-order valence-electron chi connectivity index (χ1n) is 10.9. The fraction of sp³-hybridized carbons (Fsp3) is 0.545. The van der Waals surface area contributed by atoms with Gasteiger partial charge in [-0.15, -0.1) is 0 Å². The van der Waals surface area contributed by atoms with Crippen molar-refractivity contribution >= 4 is 34.2 Å². The van der Waals surface area contributed by atoms with Crippen molar-refractivity contribution in [1.29, 1.82) is 0 Å². The highest BCUT2D eigenvalue weighted by atomic mass is 35.5. The molecule has 0 unspecified atom stereocenters. The Morgan fingerprint density at radius 1 is 1.19 bits per heavy atom. The number of alkyl halides is 2. The lowest BCUT2D eigenvalue weighted by Crippen LogP contribution is -2.49. The number of aliphatic hydroxyl groups excluding tert-OH is 1. The van der Waals surface area contributed by atoms with Crippen LogP contribution in [-0.2, 0) is 17.2 Å². The highest BCUT2D eigenvalue weighted by Crippen LogP contribution is 2.44. The lowest BCUT2D eigenvalue weighted by atomic mass is 9.77. The Labute approximate surface area is 192 Å². The standard InChI is InChI=1S/C22H25ClF2N4O2S/c23-16-4-2-14(3-5-16)15-6-10-29(11-7-15)20-26-17-12-22(24,25)32(31)18(17)19(27-20)28-21(13-30)8-1-9-21/h2-5,15,30H,1,6-13H2,(H,26,27,28)/t32-/m1/s1. The molecule has 5 rings (SSSR count). The second kappa shape index (κ2) is 8.18. The largest absolute Gasteiger partial charge is 0.394 e. The highest BCUT2D eigenvalue weighted by molar-refractivity contribution is 7.86. The van der Waals surface area contributed by atoms with Gasteiger partial charge in [0, 0.05) is 18.1 Å². The normalized spacial score (nSPS) is 24.1. The van der Waals surface area contributed by atoms with Crippen LogP contribution in [0.1, 0.15) is 49.3 Å². The number of anilines is 2. The molecule has 2 N–H and O–H groups in total. The van der Waals surface area contributed by atoms with Gasteiger partial charge in [-0.2, -0.15) is 13.8 Å². The van der Waals surface area contributed by atoms with Gasteiger partial charge in [0.25, 0.3) is 0 Å². The smallest absolute Gasteiger partial charge is 0.331 e. The van der Waals surface area contributed by atoms with E-state index in [0.717, 1.165) is 19.3 Å². The van der Waals surface area contributed by atoms with Crippen molar-refractivity contribution in [2.75, 3.05) is 29.9 Å². The van der Waals surface area contributed by atoms with E-state index in [1.54, 1.807) is 0 Å². The third-order valence-electron chi connectivity index (χ3n) is 6.87. The molecule has 0 bridgehead atoms. The first-order chi connectivity index (χ1) is 15.3. The number of fused-ring (bicyclic) bond motifs is 1. The van der Waals surface area contributed by atoms with E-state index in [1.807, 2.05) is 29.2 Å². The van der Waals surface area contributed by atoms with E-state index in [0.29, 0.717) is 42.8 Å². The molecular formula is C22H25ClF2N4O2S. The molecule has 172 valence electrons. The maximum atomic E-state index is 14.3. The number of piperidine rings is 1. The zero-order chi connectivity index (χ0) is 22.5. The Morgan fingerprint density at radius 2 is 1.88 bits per heavy atom. The van der Waals surface area contributed by atoms with Crippen molar-refractivity contribution in [3.8, 4) is 0 Å². The number of hydrogen-bond donors (Lipinski definition) is 2. The third kappa shape index (κ3) is 3.88. The van der Waals surface area contributed by atoms with Crippen molar-refractivity contribution in [1.82, 2.24) is 9.97 Å². The van der Waals surface area contributed by atoms with Crippen molar-refractivity contribution < 1.29 is 18.1 Å². The fourth-order valence-corrected chi connectivity index (χ4v) is 6.06. The van der Waals surface area contributed by atoms with Gasteiger partial charge in [0.2, 0.25) is 5.95 Å². The topological polar surface area (TPSA) is 78.4 Å². The van der Waals surface area contributed by atoms with Gasteiger partial charge in [-0.1, -0.05) is 23.7 Å². The minimum Gasteiger partial charge on any atom is -0.394 e. The minimum atomic E-state index is -3.36. The predicted molar refractivity (Wildman–Crippen MR) is 120 cm³/mol. The molecule has 1 atom stereocenters. The van der Waals surface area contributed by atoms with E-state index in [4.69, 9.17) is 11.6 Å². The quantitative estimate of drug-likeness (QED) is 0.668. The molecule has 1 aromatic carbocycles. The van der Waals surface area contributed by atoms with E-state index in [9.17, 15) is 18.1 Å². The highest BCUT2D eigenvalue weighted by Gasteiger charge is 2.50. The molecule has 2 aromatic rings. The van der Waals surface area contributed by atoms with Crippen molar-refractivity contribution in [2.45, 2.75) is 60.1 Å². The monoisotopic (exact) mass is 482 g/mol. The molecule has 0 spiro atoms. The van der Waals surface area contributed by atoms with Gasteiger partial charge in [0.05, 0.1) is 24.3 Å². The van der Waals surface area contributed by atoms with E-state index in [2.05, 4.69) is 15.3 Å². The Hall–Kier alpha value is -1.84. The third-order valence-corrected chi connectivity index (χ3v) is 8.61. The average molecular weight is 483 g/mol. The molecule has 3 aliphatic rings. The van der Waals surface area contributed by atoms with Crippen LogP contribution in [0.15, 0.2) is 29.2 Å². The van der Waals surface area contributed by atoms with Crippen LogP contribution >= 0.6 is 11.6 Å². The van der Waals surface area contributed by atoms with Crippen LogP contribution in [0.3, 0.4) is 0 Å². The SMILES string of the molecule is O=[S@@]1c2c(nc(N3CCC(c4ccc(Cl)cc4)CC3)nc2NC2(CO)CCC2)CC1(F)F. The molecular weight excluding hydrogens is 458 g/mol. The summed E-state index contributed by atoms with van der Waals surface area (Å²) < 4.78 is 41.1. The van der Waals surface area contributed by atoms with E-state index < -0.39 is 28.0 Å². The van der Waals surface area contributed by atoms with Crippen LogP contribution in [0.2, 0.25) is 5.02 Å². The Balaban J connectivity index is 1.41. The summed E-state index contributed by atoms with van der Waals surface area (Å²) in [5, 5.41) is 10.3. The Morgan fingerprint density at radius 3 is 2.47 bits per heavy atom. The number of aliphatic hydroxyl groups is 1. The second-order valence-corrected chi connectivity index (χ2v) is 10.9. The number of benzene rings is 1. The first kappa shape index (κ1) is 22.0. The maximum absolute atomic E-state index is 14.3. The van der Waals surface area contributed by atoms with Gasteiger partial charge in [-0.05, 0) is 55.7 Å². The number of nitrogens with one attached hydrogen (secondary N) is 1. The van der Waals surface area contributed by atoms with Crippen molar-refractivity contribution in [3.63, 3.8) is 0 Å². The van der Waals surface area contributed by atoms with Gasteiger partial charge in [-0.3, -0.25) is 0 Å². The van der Waals surface area contributed by atoms with Gasteiger partial charge in [0.1, 0.15) is 21.5 Å². The molecule has 2 fully saturated rings. The number of nitrogens with zero attached hydrogens (tertiary/aromatic N) is 3. The van der Waals surface area contributed by atoms with Crippen molar-refractivity contribution in [2.24, 2.45) is 0 Å². The zero-order valence-corrected chi connectivity index (χ0v) is 19.1. The molecule has 1 aliphatic carbocycles. The molecule has 1 aromatic heterocycles. The molecule has 32 heavy (non-hydrogen) atoms. The van der Waals surface area contributed by atoms with Gasteiger partial charge >= 0.3 is 5.25 Å². The molecule has 1 saturated carbocycles. The number of hydrogen-bond acceptors (Lipinski definition) is 6. The van der Waals surface area contributed by atoms with Gasteiger partial charge in [-0.25, -0.2) is 9.19 Å². The first-order valence-corrected chi connectivity index (χ1v) is 12.4. The Bertz CT molecular complexity index is 1040. The molecule has 6 nitrogen and oxygen atoms in total. The summed E-state index contributed by atoms with van der Waals surface area (Å²) in [6.45, 7) is 1.25. The van der Waals surface area contributed by atoms with E-state index >= 15 is 0 Å². The van der Waals surface area contributed by atoms with E-state index in [-0.39, 0.29) is 23.0 Å². The second-order valence-electron chi connectivity index (χ2n) is 8.96. The van der Waals surface area contributed by atoms with Crippen LogP contribution in [-0.4, -0.2) is 49.8 Å². The fourth-order valence-electron chi connectivity index (χ4n) is 4.76. The lowest BCUT2D eigenvalue weighted by molar-refractivity contribution is 0.104.